The number of carboxylic acid groups (broad SMARTS) is 1. The normalized spacial score (nSPS) is 11.0. The van der Waals surface area contributed by atoms with Crippen LogP contribution in [0.2, 0.25) is 5.02 Å². The molecule has 0 atom stereocenters. The highest BCUT2D eigenvalue weighted by Crippen LogP contribution is 2.31. The average molecular weight is 467 g/mol. The van der Waals surface area contributed by atoms with Gasteiger partial charge < -0.3 is 10.8 Å². The van der Waals surface area contributed by atoms with E-state index in [1.807, 2.05) is 0 Å². The van der Waals surface area contributed by atoms with Gasteiger partial charge in [-0.3, -0.25) is 14.6 Å². The molecule has 0 aliphatic rings. The summed E-state index contributed by atoms with van der Waals surface area (Å²) >= 11 is 6.27. The van der Waals surface area contributed by atoms with Gasteiger partial charge in [-0.25, -0.2) is 9.18 Å². The van der Waals surface area contributed by atoms with E-state index in [0.717, 1.165) is 10.7 Å². The highest BCUT2D eigenvalue weighted by Gasteiger charge is 2.24. The molecule has 166 valence electrons. The number of hydrogen-bond acceptors (Lipinski definition) is 5. The van der Waals surface area contributed by atoms with Gasteiger partial charge in [0, 0.05) is 11.8 Å². The molecule has 0 unspecified atom stereocenters. The molecule has 0 saturated heterocycles. The van der Waals surface area contributed by atoms with E-state index in [1.165, 1.54) is 24.4 Å². The lowest BCUT2D eigenvalue weighted by molar-refractivity contribution is -0.117. The van der Waals surface area contributed by atoms with Crippen LogP contribution in [0.1, 0.15) is 31.8 Å². The van der Waals surface area contributed by atoms with Crippen LogP contribution in [0.3, 0.4) is 0 Å². The number of nitrogens with two attached hydrogens (primary N) is 1. The van der Waals surface area contributed by atoms with Gasteiger partial charge in [-0.1, -0.05) is 23.7 Å². The number of amides is 1. The molecule has 0 spiro atoms. The van der Waals surface area contributed by atoms with Crippen molar-refractivity contribution in [3.63, 3.8) is 0 Å². The second-order valence-corrected chi connectivity index (χ2v) is 7.76. The Kier molecular flexibility index (Phi) is 5.65. The van der Waals surface area contributed by atoms with Crippen molar-refractivity contribution in [2.45, 2.75) is 13.3 Å². The highest BCUT2D eigenvalue weighted by atomic mass is 35.5. The molecule has 2 aromatic carbocycles. The van der Waals surface area contributed by atoms with Crippen molar-refractivity contribution in [3.05, 3.63) is 81.8 Å². The second-order valence-electron chi connectivity index (χ2n) is 7.35. The van der Waals surface area contributed by atoms with Crippen LogP contribution in [0.5, 0.6) is 0 Å². The zero-order valence-corrected chi connectivity index (χ0v) is 17.9. The summed E-state index contributed by atoms with van der Waals surface area (Å²) in [5.74, 6) is -3.29. The number of pyridine rings is 1. The molecule has 0 fully saturated rings. The summed E-state index contributed by atoms with van der Waals surface area (Å²) in [5.41, 5.74) is 6.69. The molecule has 3 N–H and O–H groups in total. The quantitative estimate of drug-likeness (QED) is 0.462. The van der Waals surface area contributed by atoms with Gasteiger partial charge in [0.2, 0.25) is 5.91 Å². The third kappa shape index (κ3) is 4.06. The van der Waals surface area contributed by atoms with Gasteiger partial charge in [0.05, 0.1) is 28.1 Å². The van der Waals surface area contributed by atoms with Crippen LogP contribution in [0.15, 0.2) is 48.7 Å². The van der Waals surface area contributed by atoms with Crippen LogP contribution < -0.4 is 5.73 Å². The first-order valence-corrected chi connectivity index (χ1v) is 10.0. The first kappa shape index (κ1) is 22.1. The Balaban J connectivity index is 1.97. The van der Waals surface area contributed by atoms with E-state index < -0.39 is 23.6 Å². The maximum atomic E-state index is 14.8. The Bertz CT molecular complexity index is 1440. The fourth-order valence-electron chi connectivity index (χ4n) is 3.52. The summed E-state index contributed by atoms with van der Waals surface area (Å²) in [7, 11) is 0. The van der Waals surface area contributed by atoms with E-state index in [9.17, 15) is 18.8 Å². The van der Waals surface area contributed by atoms with Gasteiger partial charge in [-0.2, -0.15) is 9.78 Å². The number of carboxylic acids is 1. The molecule has 0 aliphatic carbocycles. The largest absolute Gasteiger partial charge is 0.478 e. The molecule has 4 rings (SSSR count). The molecule has 4 aromatic rings. The van der Waals surface area contributed by atoms with Crippen molar-refractivity contribution in [3.8, 4) is 11.3 Å². The van der Waals surface area contributed by atoms with Gasteiger partial charge in [0.15, 0.2) is 0 Å². The zero-order chi connectivity index (χ0) is 23.9. The van der Waals surface area contributed by atoms with Gasteiger partial charge in [0.1, 0.15) is 17.0 Å². The van der Waals surface area contributed by atoms with Gasteiger partial charge >= 0.3 is 5.97 Å². The van der Waals surface area contributed by atoms with E-state index in [-0.39, 0.29) is 44.9 Å². The first-order chi connectivity index (χ1) is 15.7. The molecule has 8 nitrogen and oxygen atoms in total. The summed E-state index contributed by atoms with van der Waals surface area (Å²) in [6.45, 7) is 1.72. The number of aryl methyl sites for hydroxylation is 1. The van der Waals surface area contributed by atoms with E-state index in [4.69, 9.17) is 22.4 Å². The monoisotopic (exact) mass is 466 g/mol. The smallest absolute Gasteiger partial charge is 0.335 e. The van der Waals surface area contributed by atoms with Gasteiger partial charge in [-0.15, -0.1) is 0 Å². The maximum Gasteiger partial charge on any atom is 0.335 e. The van der Waals surface area contributed by atoms with Crippen molar-refractivity contribution < 1.29 is 23.9 Å². The lowest BCUT2D eigenvalue weighted by atomic mass is 10.1. The Morgan fingerprint density at radius 2 is 1.94 bits per heavy atom. The van der Waals surface area contributed by atoms with Crippen LogP contribution >= 0.6 is 11.6 Å². The minimum absolute atomic E-state index is 0.0307. The van der Waals surface area contributed by atoms with E-state index in [1.54, 1.807) is 25.1 Å². The Morgan fingerprint density at radius 1 is 1.18 bits per heavy atom. The van der Waals surface area contributed by atoms with Crippen molar-refractivity contribution in [2.24, 2.45) is 5.73 Å². The number of nitrogens with zero attached hydrogens (tertiary/aromatic N) is 3. The van der Waals surface area contributed by atoms with E-state index in [0.29, 0.717) is 11.1 Å². The van der Waals surface area contributed by atoms with E-state index in [2.05, 4.69) is 10.1 Å². The van der Waals surface area contributed by atoms with Crippen molar-refractivity contribution in [2.75, 3.05) is 0 Å². The minimum atomic E-state index is -1.28. The van der Waals surface area contributed by atoms with Gasteiger partial charge in [0.25, 0.3) is 5.91 Å². The SMILES string of the molecule is Cc1cccc(Cl)c1C(=O)n1nc(-c2ccc(C(=O)O)cc2F)c2ncc(CC(N)=O)cc21. The van der Waals surface area contributed by atoms with Crippen LogP contribution in [-0.2, 0) is 11.2 Å². The predicted octanol–water partition coefficient (Wildman–Crippen LogP) is 3.61. The molecular formula is C23H16ClFN4O4. The molecule has 0 radical (unpaired) electrons. The molecule has 1 amide bonds. The number of carbonyl (C=O) groups excluding carboxylic acids is 2. The molecule has 33 heavy (non-hydrogen) atoms. The minimum Gasteiger partial charge on any atom is -0.478 e. The van der Waals surface area contributed by atoms with Crippen LogP contribution in [0.4, 0.5) is 4.39 Å². The summed E-state index contributed by atoms with van der Waals surface area (Å²) in [6.07, 6.45) is 1.27. The summed E-state index contributed by atoms with van der Waals surface area (Å²) in [6, 6.07) is 9.86. The maximum absolute atomic E-state index is 14.8. The number of carbonyl (C=O) groups is 3. The third-order valence-corrected chi connectivity index (χ3v) is 5.37. The van der Waals surface area contributed by atoms with Crippen molar-refractivity contribution in [1.29, 1.82) is 0 Å². The fraction of sp³-hybridized carbons (Fsp3) is 0.0870. The molecule has 2 heterocycles. The zero-order valence-electron chi connectivity index (χ0n) is 17.2. The molecular weight excluding hydrogens is 451 g/mol. The Hall–Kier alpha value is -4.11. The summed E-state index contributed by atoms with van der Waals surface area (Å²) in [4.78, 5) is 40.3. The number of rotatable bonds is 5. The molecule has 10 heteroatoms. The summed E-state index contributed by atoms with van der Waals surface area (Å²) in [5, 5.41) is 13.6. The number of hydrogen-bond donors (Lipinski definition) is 2. The molecule has 0 aliphatic heterocycles. The molecule has 2 aromatic heterocycles. The number of aromatic nitrogens is 3. The molecule has 0 saturated carbocycles. The van der Waals surface area contributed by atoms with Crippen LogP contribution in [0.25, 0.3) is 22.3 Å². The van der Waals surface area contributed by atoms with Gasteiger partial charge in [-0.05, 0) is 48.4 Å². The van der Waals surface area contributed by atoms with Crippen molar-refractivity contribution >= 4 is 40.4 Å². The fourth-order valence-corrected chi connectivity index (χ4v) is 3.83. The summed E-state index contributed by atoms with van der Waals surface area (Å²) < 4.78 is 15.9. The van der Waals surface area contributed by atoms with Crippen LogP contribution in [0, 0.1) is 12.7 Å². The first-order valence-electron chi connectivity index (χ1n) is 9.66. The highest BCUT2D eigenvalue weighted by molar-refractivity contribution is 6.34. The third-order valence-electron chi connectivity index (χ3n) is 5.05. The number of benzene rings is 2. The second kappa shape index (κ2) is 8.44. The number of fused-ring (bicyclic) bond motifs is 1. The van der Waals surface area contributed by atoms with Crippen molar-refractivity contribution in [1.82, 2.24) is 14.8 Å². The average Bonchev–Trinajstić information content (AvgIpc) is 3.11. The predicted molar refractivity (Wildman–Crippen MR) is 119 cm³/mol. The van der Waals surface area contributed by atoms with E-state index >= 15 is 0 Å². The standard InChI is InChI=1S/C23H16ClFN4O4/c1-11-3-2-4-15(24)19(11)22(31)29-17-7-12(8-18(26)30)10-27-21(17)20(28-29)14-6-5-13(23(32)33)9-16(14)25/h2-7,9-10H,8H2,1H3,(H2,26,30)(H,32,33). The van der Waals surface area contributed by atoms with Crippen LogP contribution in [-0.4, -0.2) is 37.7 Å². The number of aromatic carboxylic acids is 1. The number of primary amides is 1. The lowest BCUT2D eigenvalue weighted by Crippen LogP contribution is -2.16. The topological polar surface area (TPSA) is 128 Å². The Morgan fingerprint density at radius 3 is 2.58 bits per heavy atom. The Labute approximate surface area is 191 Å². The lowest BCUT2D eigenvalue weighted by Gasteiger charge is -2.08. The number of halogens is 2. The molecule has 0 bridgehead atoms.